The first kappa shape index (κ1) is 22.6. The molecule has 7 heteroatoms. The third-order valence-electron chi connectivity index (χ3n) is 6.82. The molecule has 1 amide bonds. The van der Waals surface area contributed by atoms with E-state index in [0.29, 0.717) is 6.54 Å². The highest BCUT2D eigenvalue weighted by Gasteiger charge is 2.38. The minimum absolute atomic E-state index is 0. The molecule has 0 bridgehead atoms. The van der Waals surface area contributed by atoms with Crippen LogP contribution in [0.25, 0.3) is 0 Å². The van der Waals surface area contributed by atoms with Crippen LogP contribution in [0, 0.1) is 5.92 Å². The molecule has 1 saturated carbocycles. The second kappa shape index (κ2) is 9.84. The fraction of sp³-hybridized carbons (Fsp3) is 0.565. The maximum atomic E-state index is 13.2. The van der Waals surface area contributed by atoms with Gasteiger partial charge >= 0.3 is 0 Å². The molecule has 2 atom stereocenters. The van der Waals surface area contributed by atoms with Gasteiger partial charge in [0.25, 0.3) is 0 Å². The SMILES string of the molecule is COc1ccc(C2(CNC(=O)[C@H]3CNC[C@@H]3c3cnn(C)c3)CCCCC2)cc1.Cl. The monoisotopic (exact) mass is 432 g/mol. The molecule has 2 aromatic rings. The van der Waals surface area contributed by atoms with E-state index in [1.54, 1.807) is 7.11 Å². The molecule has 0 spiro atoms. The lowest BCUT2D eigenvalue weighted by molar-refractivity contribution is -0.125. The first-order chi connectivity index (χ1) is 14.1. The number of aromatic nitrogens is 2. The van der Waals surface area contributed by atoms with Crippen LogP contribution in [-0.2, 0) is 17.3 Å². The molecule has 2 aliphatic rings. The van der Waals surface area contributed by atoms with E-state index in [2.05, 4.69) is 27.9 Å². The number of benzene rings is 1. The Labute approximate surface area is 185 Å². The van der Waals surface area contributed by atoms with Crippen LogP contribution in [0.2, 0.25) is 0 Å². The number of halogens is 1. The summed E-state index contributed by atoms with van der Waals surface area (Å²) in [5.74, 6) is 1.17. The standard InChI is InChI=1S/C23H32N4O2.ClH/c1-27-15-17(12-26-27)20-13-24-14-21(20)22(28)25-16-23(10-4-3-5-11-23)18-6-8-19(29-2)9-7-18;/h6-9,12,15,20-21,24H,3-5,10-11,13-14,16H2,1-2H3,(H,25,28);1H/t20-,21+;/m1./s1. The molecule has 1 saturated heterocycles. The highest BCUT2D eigenvalue weighted by molar-refractivity contribution is 5.85. The van der Waals surface area contributed by atoms with Crippen molar-refractivity contribution in [3.63, 3.8) is 0 Å². The third kappa shape index (κ3) is 4.65. The summed E-state index contributed by atoms with van der Waals surface area (Å²) >= 11 is 0. The van der Waals surface area contributed by atoms with E-state index >= 15 is 0 Å². The fourth-order valence-corrected chi connectivity index (χ4v) is 5.06. The van der Waals surface area contributed by atoms with E-state index in [0.717, 1.165) is 37.2 Å². The highest BCUT2D eigenvalue weighted by atomic mass is 35.5. The maximum Gasteiger partial charge on any atom is 0.225 e. The molecule has 2 heterocycles. The Morgan fingerprint density at radius 1 is 1.23 bits per heavy atom. The predicted octanol–water partition coefficient (Wildman–Crippen LogP) is 3.17. The van der Waals surface area contributed by atoms with Crippen LogP contribution in [0.15, 0.2) is 36.7 Å². The largest absolute Gasteiger partial charge is 0.497 e. The van der Waals surface area contributed by atoms with Gasteiger partial charge in [-0.2, -0.15) is 5.10 Å². The van der Waals surface area contributed by atoms with Crippen LogP contribution in [0.4, 0.5) is 0 Å². The van der Waals surface area contributed by atoms with E-state index in [-0.39, 0.29) is 35.6 Å². The summed E-state index contributed by atoms with van der Waals surface area (Å²) in [6, 6.07) is 8.41. The lowest BCUT2D eigenvalue weighted by atomic mass is 9.69. The van der Waals surface area contributed by atoms with E-state index in [4.69, 9.17) is 4.74 Å². The van der Waals surface area contributed by atoms with Crippen molar-refractivity contribution in [3.8, 4) is 5.75 Å². The van der Waals surface area contributed by atoms with Crippen molar-refractivity contribution in [1.82, 2.24) is 20.4 Å². The number of aryl methyl sites for hydroxylation is 1. The highest BCUT2D eigenvalue weighted by Crippen LogP contribution is 2.40. The number of nitrogens with one attached hydrogen (secondary N) is 2. The molecule has 6 nitrogen and oxygen atoms in total. The number of rotatable bonds is 6. The number of carbonyl (C=O) groups excluding carboxylic acids is 1. The van der Waals surface area contributed by atoms with Gasteiger partial charge in [0.15, 0.2) is 0 Å². The number of methoxy groups -OCH3 is 1. The maximum absolute atomic E-state index is 13.2. The van der Waals surface area contributed by atoms with Crippen LogP contribution in [-0.4, -0.2) is 42.4 Å². The molecule has 1 aromatic heterocycles. The van der Waals surface area contributed by atoms with Gasteiger partial charge in [0.1, 0.15) is 5.75 Å². The Morgan fingerprint density at radius 3 is 2.60 bits per heavy atom. The summed E-state index contributed by atoms with van der Waals surface area (Å²) in [5, 5.41) is 11.0. The lowest BCUT2D eigenvalue weighted by Gasteiger charge is -2.38. The quantitative estimate of drug-likeness (QED) is 0.735. The number of carbonyl (C=O) groups is 1. The van der Waals surface area contributed by atoms with Crippen molar-refractivity contribution >= 4 is 18.3 Å². The van der Waals surface area contributed by atoms with E-state index in [1.807, 2.05) is 36.3 Å². The molecule has 30 heavy (non-hydrogen) atoms. The van der Waals surface area contributed by atoms with Crippen LogP contribution in [0.1, 0.15) is 49.1 Å². The van der Waals surface area contributed by atoms with Gasteiger partial charge in [0, 0.05) is 44.2 Å². The normalized spacial score (nSPS) is 22.9. The van der Waals surface area contributed by atoms with Crippen LogP contribution < -0.4 is 15.4 Å². The first-order valence-corrected chi connectivity index (χ1v) is 10.7. The number of hydrogen-bond acceptors (Lipinski definition) is 4. The summed E-state index contributed by atoms with van der Waals surface area (Å²) in [4.78, 5) is 13.2. The van der Waals surface area contributed by atoms with Crippen molar-refractivity contribution in [2.75, 3.05) is 26.7 Å². The molecular weight excluding hydrogens is 400 g/mol. The summed E-state index contributed by atoms with van der Waals surface area (Å²) in [5.41, 5.74) is 2.47. The van der Waals surface area contributed by atoms with Gasteiger partial charge in [-0.3, -0.25) is 9.48 Å². The molecule has 1 aliphatic heterocycles. The van der Waals surface area contributed by atoms with E-state index in [1.165, 1.54) is 24.8 Å². The zero-order valence-corrected chi connectivity index (χ0v) is 18.7. The van der Waals surface area contributed by atoms with Crippen molar-refractivity contribution < 1.29 is 9.53 Å². The van der Waals surface area contributed by atoms with Gasteiger partial charge in [-0.1, -0.05) is 31.4 Å². The fourth-order valence-electron chi connectivity index (χ4n) is 5.06. The van der Waals surface area contributed by atoms with Crippen molar-refractivity contribution in [2.24, 2.45) is 13.0 Å². The van der Waals surface area contributed by atoms with Gasteiger partial charge in [-0.15, -0.1) is 12.4 Å². The van der Waals surface area contributed by atoms with E-state index in [9.17, 15) is 4.79 Å². The second-order valence-corrected chi connectivity index (χ2v) is 8.61. The summed E-state index contributed by atoms with van der Waals surface area (Å²) in [7, 11) is 3.61. The Morgan fingerprint density at radius 2 is 1.97 bits per heavy atom. The minimum Gasteiger partial charge on any atom is -0.497 e. The van der Waals surface area contributed by atoms with Crippen LogP contribution in [0.5, 0.6) is 5.75 Å². The smallest absolute Gasteiger partial charge is 0.225 e. The average Bonchev–Trinajstić information content (AvgIpc) is 3.41. The van der Waals surface area contributed by atoms with Gasteiger partial charge < -0.3 is 15.4 Å². The second-order valence-electron chi connectivity index (χ2n) is 8.61. The molecule has 4 rings (SSSR count). The number of amides is 1. The van der Waals surface area contributed by atoms with Crippen molar-refractivity contribution in [1.29, 1.82) is 0 Å². The molecule has 2 N–H and O–H groups in total. The topological polar surface area (TPSA) is 68.2 Å². The zero-order chi connectivity index (χ0) is 20.3. The Hall–Kier alpha value is -2.05. The molecule has 0 radical (unpaired) electrons. The Kier molecular flexibility index (Phi) is 7.42. The van der Waals surface area contributed by atoms with Gasteiger partial charge in [-0.05, 0) is 36.1 Å². The predicted molar refractivity (Wildman–Crippen MR) is 120 cm³/mol. The van der Waals surface area contributed by atoms with Gasteiger partial charge in [0.2, 0.25) is 5.91 Å². The molecule has 1 aliphatic carbocycles. The summed E-state index contributed by atoms with van der Waals surface area (Å²) in [6.45, 7) is 2.25. The number of nitrogens with zero attached hydrogens (tertiary/aromatic N) is 2. The van der Waals surface area contributed by atoms with Crippen molar-refractivity contribution in [2.45, 2.75) is 43.4 Å². The van der Waals surface area contributed by atoms with Crippen LogP contribution >= 0.6 is 12.4 Å². The van der Waals surface area contributed by atoms with Gasteiger partial charge in [-0.25, -0.2) is 0 Å². The Balaban J connectivity index is 0.00000256. The first-order valence-electron chi connectivity index (χ1n) is 10.7. The van der Waals surface area contributed by atoms with Crippen molar-refractivity contribution in [3.05, 3.63) is 47.8 Å². The lowest BCUT2D eigenvalue weighted by Crippen LogP contribution is -2.45. The average molecular weight is 433 g/mol. The van der Waals surface area contributed by atoms with E-state index < -0.39 is 0 Å². The third-order valence-corrected chi connectivity index (χ3v) is 6.82. The molecule has 164 valence electrons. The zero-order valence-electron chi connectivity index (χ0n) is 17.9. The number of ether oxygens (including phenoxy) is 1. The molecular formula is C23H33ClN4O2. The Bertz CT molecular complexity index is 830. The number of hydrogen-bond donors (Lipinski definition) is 2. The van der Waals surface area contributed by atoms with Crippen LogP contribution in [0.3, 0.4) is 0 Å². The molecule has 2 fully saturated rings. The molecule has 1 aromatic carbocycles. The molecule has 0 unspecified atom stereocenters. The minimum atomic E-state index is -0.0456. The van der Waals surface area contributed by atoms with Gasteiger partial charge in [0.05, 0.1) is 19.2 Å². The summed E-state index contributed by atoms with van der Waals surface area (Å²) in [6.07, 6.45) is 9.86. The summed E-state index contributed by atoms with van der Waals surface area (Å²) < 4.78 is 7.14.